The van der Waals surface area contributed by atoms with Crippen LogP contribution in [-0.2, 0) is 6.54 Å². The van der Waals surface area contributed by atoms with Crippen molar-refractivity contribution in [1.29, 1.82) is 0 Å². The highest BCUT2D eigenvalue weighted by Gasteiger charge is 2.07. The predicted octanol–water partition coefficient (Wildman–Crippen LogP) is 4.46. The average Bonchev–Trinajstić information content (AvgIpc) is 2.93. The smallest absolute Gasteiger partial charge is 0.0809 e. The van der Waals surface area contributed by atoms with Crippen LogP contribution in [0.4, 0.5) is 0 Å². The number of benzene rings is 1. The first-order valence-electron chi connectivity index (χ1n) is 6.85. The molecule has 2 heterocycles. The molecule has 0 radical (unpaired) electrons. The minimum Gasteiger partial charge on any atom is -0.306 e. The van der Waals surface area contributed by atoms with Gasteiger partial charge in [-0.15, -0.1) is 11.3 Å². The number of hydrogen-bond acceptors (Lipinski definition) is 3. The normalized spacial score (nSPS) is 12.7. The molecule has 3 aromatic rings. The van der Waals surface area contributed by atoms with Gasteiger partial charge in [0.15, 0.2) is 0 Å². The monoisotopic (exact) mass is 282 g/mol. The lowest BCUT2D eigenvalue weighted by Crippen LogP contribution is -2.18. The van der Waals surface area contributed by atoms with Crippen molar-refractivity contribution in [1.82, 2.24) is 10.3 Å². The van der Waals surface area contributed by atoms with E-state index in [0.29, 0.717) is 6.04 Å². The highest BCUT2D eigenvalue weighted by atomic mass is 32.1. The van der Waals surface area contributed by atoms with Gasteiger partial charge in [-0.05, 0) is 48.1 Å². The maximum absolute atomic E-state index is 4.51. The molecule has 20 heavy (non-hydrogen) atoms. The van der Waals surface area contributed by atoms with Crippen molar-refractivity contribution in [2.45, 2.75) is 26.4 Å². The lowest BCUT2D eigenvalue weighted by Gasteiger charge is -2.15. The van der Waals surface area contributed by atoms with Crippen molar-refractivity contribution in [3.63, 3.8) is 0 Å². The second-order valence-corrected chi connectivity index (χ2v) is 6.05. The molecule has 0 aliphatic heterocycles. The summed E-state index contributed by atoms with van der Waals surface area (Å²) in [5, 5.41) is 5.67. The van der Waals surface area contributed by atoms with Crippen LogP contribution in [0, 0.1) is 6.92 Å². The summed E-state index contributed by atoms with van der Waals surface area (Å²) in [5.74, 6) is 0. The number of aromatic nitrogens is 1. The van der Waals surface area contributed by atoms with Gasteiger partial charge in [0.05, 0.1) is 10.2 Å². The molecule has 2 nitrogen and oxygen atoms in total. The predicted molar refractivity (Wildman–Crippen MR) is 86.1 cm³/mol. The third kappa shape index (κ3) is 2.74. The quantitative estimate of drug-likeness (QED) is 0.764. The Morgan fingerprint density at radius 1 is 1.25 bits per heavy atom. The molecule has 1 aromatic carbocycles. The standard InChI is InChI=1S/C17H18N2S/c1-12-5-3-4-6-14(12)10-18-13(2)15-9-17-16(19-11-15)7-8-20-17/h3-9,11,13,18H,10H2,1-2H3. The molecule has 1 atom stereocenters. The number of thiophene rings is 1. The fourth-order valence-electron chi connectivity index (χ4n) is 2.29. The molecule has 1 N–H and O–H groups in total. The van der Waals surface area contributed by atoms with Gasteiger partial charge in [0.25, 0.3) is 0 Å². The summed E-state index contributed by atoms with van der Waals surface area (Å²) in [6.07, 6.45) is 1.98. The van der Waals surface area contributed by atoms with E-state index in [4.69, 9.17) is 0 Å². The van der Waals surface area contributed by atoms with E-state index in [1.54, 1.807) is 11.3 Å². The van der Waals surface area contributed by atoms with Crippen LogP contribution in [0.1, 0.15) is 29.7 Å². The number of nitrogens with one attached hydrogen (secondary N) is 1. The fraction of sp³-hybridized carbons (Fsp3) is 0.235. The molecular formula is C17H18N2S. The molecule has 0 aliphatic carbocycles. The first-order valence-corrected chi connectivity index (χ1v) is 7.73. The van der Waals surface area contributed by atoms with Crippen molar-refractivity contribution < 1.29 is 0 Å². The first kappa shape index (κ1) is 13.3. The van der Waals surface area contributed by atoms with Gasteiger partial charge in [-0.25, -0.2) is 0 Å². The zero-order chi connectivity index (χ0) is 13.9. The topological polar surface area (TPSA) is 24.9 Å². The number of hydrogen-bond donors (Lipinski definition) is 1. The fourth-order valence-corrected chi connectivity index (χ4v) is 3.08. The Hall–Kier alpha value is -1.71. The molecule has 0 spiro atoms. The van der Waals surface area contributed by atoms with E-state index in [9.17, 15) is 0 Å². The molecule has 3 rings (SSSR count). The van der Waals surface area contributed by atoms with Crippen molar-refractivity contribution in [3.8, 4) is 0 Å². The molecule has 3 heteroatoms. The van der Waals surface area contributed by atoms with E-state index in [1.165, 1.54) is 21.4 Å². The maximum atomic E-state index is 4.51. The average molecular weight is 282 g/mol. The third-order valence-electron chi connectivity index (χ3n) is 3.68. The van der Waals surface area contributed by atoms with Gasteiger partial charge in [-0.2, -0.15) is 0 Å². The summed E-state index contributed by atoms with van der Waals surface area (Å²) in [7, 11) is 0. The lowest BCUT2D eigenvalue weighted by atomic mass is 10.1. The van der Waals surface area contributed by atoms with Crippen molar-refractivity contribution in [3.05, 3.63) is 64.7 Å². The van der Waals surface area contributed by atoms with E-state index in [0.717, 1.165) is 12.1 Å². The number of fused-ring (bicyclic) bond motifs is 1. The van der Waals surface area contributed by atoms with Gasteiger partial charge in [-0.3, -0.25) is 4.98 Å². The third-order valence-corrected chi connectivity index (χ3v) is 4.54. The number of rotatable bonds is 4. The second-order valence-electron chi connectivity index (χ2n) is 5.10. The molecular weight excluding hydrogens is 264 g/mol. The molecule has 0 amide bonds. The highest BCUT2D eigenvalue weighted by Crippen LogP contribution is 2.22. The summed E-state index contributed by atoms with van der Waals surface area (Å²) in [5.41, 5.74) is 5.02. The molecule has 0 saturated carbocycles. The van der Waals surface area contributed by atoms with E-state index < -0.39 is 0 Å². The SMILES string of the molecule is Cc1ccccc1CNC(C)c1cnc2ccsc2c1. The van der Waals surface area contributed by atoms with Crippen molar-refractivity contribution >= 4 is 21.6 Å². The number of aryl methyl sites for hydroxylation is 1. The molecule has 0 saturated heterocycles. The van der Waals surface area contributed by atoms with E-state index in [2.05, 4.69) is 65.9 Å². The van der Waals surface area contributed by atoms with Crippen LogP contribution in [-0.4, -0.2) is 4.98 Å². The molecule has 0 aliphatic rings. The Morgan fingerprint density at radius 3 is 2.95 bits per heavy atom. The zero-order valence-corrected chi connectivity index (χ0v) is 12.6. The van der Waals surface area contributed by atoms with E-state index >= 15 is 0 Å². The van der Waals surface area contributed by atoms with Crippen LogP contribution >= 0.6 is 11.3 Å². The first-order chi connectivity index (χ1) is 9.74. The summed E-state index contributed by atoms with van der Waals surface area (Å²) in [6.45, 7) is 5.23. The number of nitrogens with zero attached hydrogens (tertiary/aromatic N) is 1. The Bertz CT molecular complexity index is 718. The summed E-state index contributed by atoms with van der Waals surface area (Å²) in [4.78, 5) is 4.51. The van der Waals surface area contributed by atoms with E-state index in [-0.39, 0.29) is 0 Å². The highest BCUT2D eigenvalue weighted by molar-refractivity contribution is 7.17. The van der Waals surface area contributed by atoms with Gasteiger partial charge in [0.2, 0.25) is 0 Å². The summed E-state index contributed by atoms with van der Waals surface area (Å²) < 4.78 is 1.26. The van der Waals surface area contributed by atoms with Crippen LogP contribution < -0.4 is 5.32 Å². The summed E-state index contributed by atoms with van der Waals surface area (Å²) in [6, 6.07) is 13.1. The second kappa shape index (κ2) is 5.73. The van der Waals surface area contributed by atoms with Crippen LogP contribution in [0.5, 0.6) is 0 Å². The summed E-state index contributed by atoms with van der Waals surface area (Å²) >= 11 is 1.75. The Balaban J connectivity index is 1.72. The van der Waals surface area contributed by atoms with Gasteiger partial charge in [-0.1, -0.05) is 24.3 Å². The molecule has 1 unspecified atom stereocenters. The Kier molecular flexibility index (Phi) is 3.81. The van der Waals surface area contributed by atoms with Crippen molar-refractivity contribution in [2.75, 3.05) is 0 Å². The van der Waals surface area contributed by atoms with Gasteiger partial charge >= 0.3 is 0 Å². The minimum absolute atomic E-state index is 0.300. The Morgan fingerprint density at radius 2 is 2.10 bits per heavy atom. The molecule has 0 bridgehead atoms. The Labute approximate surface area is 123 Å². The molecule has 2 aromatic heterocycles. The molecule has 102 valence electrons. The van der Waals surface area contributed by atoms with Crippen LogP contribution in [0.15, 0.2) is 48.0 Å². The van der Waals surface area contributed by atoms with Gasteiger partial charge in [0, 0.05) is 18.8 Å². The largest absolute Gasteiger partial charge is 0.306 e. The van der Waals surface area contributed by atoms with Crippen molar-refractivity contribution in [2.24, 2.45) is 0 Å². The molecule has 0 fully saturated rings. The van der Waals surface area contributed by atoms with Gasteiger partial charge < -0.3 is 5.32 Å². The number of pyridine rings is 1. The lowest BCUT2D eigenvalue weighted by molar-refractivity contribution is 0.572. The van der Waals surface area contributed by atoms with Crippen LogP contribution in [0.2, 0.25) is 0 Å². The van der Waals surface area contributed by atoms with E-state index in [1.807, 2.05) is 6.20 Å². The maximum Gasteiger partial charge on any atom is 0.0809 e. The van der Waals surface area contributed by atoms with Crippen LogP contribution in [0.25, 0.3) is 10.2 Å². The zero-order valence-electron chi connectivity index (χ0n) is 11.8. The van der Waals surface area contributed by atoms with Gasteiger partial charge in [0.1, 0.15) is 0 Å². The minimum atomic E-state index is 0.300. The van der Waals surface area contributed by atoms with Crippen LogP contribution in [0.3, 0.4) is 0 Å².